The van der Waals surface area contributed by atoms with Crippen LogP contribution in [0.15, 0.2) is 23.4 Å². The SMILES string of the molecule is CC(C)(C)OCC(=O)Nc1cc(/C(N)=N/O)ccc1Cl. The molecule has 0 bridgehead atoms. The van der Waals surface area contributed by atoms with Gasteiger partial charge in [-0.2, -0.15) is 0 Å². The molecule has 110 valence electrons. The van der Waals surface area contributed by atoms with E-state index in [1.807, 2.05) is 20.8 Å². The Kier molecular flexibility index (Phi) is 5.35. The molecule has 0 heterocycles. The maximum atomic E-state index is 11.8. The molecule has 0 aliphatic rings. The molecule has 6 nitrogen and oxygen atoms in total. The van der Waals surface area contributed by atoms with E-state index in [4.69, 9.17) is 27.3 Å². The van der Waals surface area contributed by atoms with Gasteiger partial charge in [-0.05, 0) is 39.0 Å². The van der Waals surface area contributed by atoms with Gasteiger partial charge in [-0.3, -0.25) is 4.79 Å². The van der Waals surface area contributed by atoms with Crippen LogP contribution in [0, 0.1) is 0 Å². The van der Waals surface area contributed by atoms with Gasteiger partial charge in [0, 0.05) is 5.56 Å². The number of benzene rings is 1. The van der Waals surface area contributed by atoms with Crippen LogP contribution in [0.1, 0.15) is 26.3 Å². The fourth-order valence-electron chi connectivity index (χ4n) is 1.31. The summed E-state index contributed by atoms with van der Waals surface area (Å²) in [4.78, 5) is 11.8. The molecule has 4 N–H and O–H groups in total. The van der Waals surface area contributed by atoms with E-state index in [1.54, 1.807) is 12.1 Å². The predicted octanol–water partition coefficient (Wildman–Crippen LogP) is 2.19. The molecule has 1 aromatic rings. The zero-order valence-electron chi connectivity index (χ0n) is 11.6. The van der Waals surface area contributed by atoms with Crippen LogP contribution in [0.25, 0.3) is 0 Å². The standard InChI is InChI=1S/C13H18ClN3O3/c1-13(2,3)20-7-11(18)16-10-6-8(12(15)17-19)4-5-9(10)14/h4-6,19H,7H2,1-3H3,(H2,15,17)(H,16,18). The number of carbonyl (C=O) groups excluding carboxylic acids is 1. The summed E-state index contributed by atoms with van der Waals surface area (Å²) in [5, 5.41) is 14.5. The third-order valence-corrected chi connectivity index (χ3v) is 2.61. The van der Waals surface area contributed by atoms with Crippen molar-refractivity contribution in [3.63, 3.8) is 0 Å². The molecule has 0 aliphatic carbocycles. The van der Waals surface area contributed by atoms with Gasteiger partial charge in [0.15, 0.2) is 5.84 Å². The first-order chi connectivity index (χ1) is 9.23. The lowest BCUT2D eigenvalue weighted by Gasteiger charge is -2.19. The van der Waals surface area contributed by atoms with Crippen LogP contribution in [0.2, 0.25) is 5.02 Å². The van der Waals surface area contributed by atoms with E-state index in [0.29, 0.717) is 16.3 Å². The van der Waals surface area contributed by atoms with Crippen LogP contribution in [-0.2, 0) is 9.53 Å². The number of hydrogen-bond donors (Lipinski definition) is 3. The van der Waals surface area contributed by atoms with Crippen LogP contribution in [0.5, 0.6) is 0 Å². The Hall–Kier alpha value is -1.79. The average molecular weight is 300 g/mol. The van der Waals surface area contributed by atoms with Crippen molar-refractivity contribution in [1.82, 2.24) is 0 Å². The van der Waals surface area contributed by atoms with Crippen molar-refractivity contribution in [3.8, 4) is 0 Å². The maximum Gasteiger partial charge on any atom is 0.250 e. The number of rotatable bonds is 4. The quantitative estimate of drug-likeness (QED) is 0.343. The number of nitrogens with one attached hydrogen (secondary N) is 1. The van der Waals surface area contributed by atoms with Crippen molar-refractivity contribution in [2.75, 3.05) is 11.9 Å². The smallest absolute Gasteiger partial charge is 0.250 e. The van der Waals surface area contributed by atoms with Crippen molar-refractivity contribution in [3.05, 3.63) is 28.8 Å². The van der Waals surface area contributed by atoms with Crippen LogP contribution in [-0.4, -0.2) is 29.2 Å². The number of halogens is 1. The first-order valence-electron chi connectivity index (χ1n) is 5.94. The predicted molar refractivity (Wildman–Crippen MR) is 78.3 cm³/mol. The van der Waals surface area contributed by atoms with E-state index in [9.17, 15) is 4.79 Å². The summed E-state index contributed by atoms with van der Waals surface area (Å²) in [7, 11) is 0. The van der Waals surface area contributed by atoms with E-state index in [-0.39, 0.29) is 18.3 Å². The number of amidine groups is 1. The van der Waals surface area contributed by atoms with Gasteiger partial charge in [-0.1, -0.05) is 16.8 Å². The number of carbonyl (C=O) groups is 1. The second kappa shape index (κ2) is 6.58. The third kappa shape index (κ3) is 5.07. The van der Waals surface area contributed by atoms with Crippen LogP contribution in [0.3, 0.4) is 0 Å². The fraction of sp³-hybridized carbons (Fsp3) is 0.385. The highest BCUT2D eigenvalue weighted by Gasteiger charge is 2.14. The topological polar surface area (TPSA) is 96.9 Å². The second-order valence-electron chi connectivity index (χ2n) is 5.13. The Labute approximate surface area is 122 Å². The number of ether oxygens (including phenoxy) is 1. The Balaban J connectivity index is 2.79. The monoisotopic (exact) mass is 299 g/mol. The molecule has 0 unspecified atom stereocenters. The molecule has 0 saturated carbocycles. The van der Waals surface area contributed by atoms with Gasteiger partial charge in [0.25, 0.3) is 0 Å². The van der Waals surface area contributed by atoms with Crippen molar-refractivity contribution < 1.29 is 14.7 Å². The summed E-state index contributed by atoms with van der Waals surface area (Å²) in [6, 6.07) is 4.65. The maximum absolute atomic E-state index is 11.8. The molecule has 0 aromatic heterocycles. The highest BCUT2D eigenvalue weighted by molar-refractivity contribution is 6.33. The van der Waals surface area contributed by atoms with E-state index in [2.05, 4.69) is 10.5 Å². The summed E-state index contributed by atoms with van der Waals surface area (Å²) in [6.45, 7) is 5.47. The van der Waals surface area contributed by atoms with E-state index < -0.39 is 5.60 Å². The third-order valence-electron chi connectivity index (χ3n) is 2.28. The molecule has 20 heavy (non-hydrogen) atoms. The number of nitrogens with two attached hydrogens (primary N) is 1. The number of anilines is 1. The average Bonchev–Trinajstić information content (AvgIpc) is 2.37. The zero-order valence-corrected chi connectivity index (χ0v) is 12.4. The normalized spacial score (nSPS) is 12.3. The number of hydrogen-bond acceptors (Lipinski definition) is 4. The fourth-order valence-corrected chi connectivity index (χ4v) is 1.47. The second-order valence-corrected chi connectivity index (χ2v) is 5.54. The molecule has 0 aliphatic heterocycles. The van der Waals surface area contributed by atoms with E-state index in [1.165, 1.54) is 6.07 Å². The number of amides is 1. The van der Waals surface area contributed by atoms with Gasteiger partial charge < -0.3 is 21.0 Å². The van der Waals surface area contributed by atoms with E-state index in [0.717, 1.165) is 0 Å². The van der Waals surface area contributed by atoms with Gasteiger partial charge in [0.2, 0.25) is 5.91 Å². The molecule has 7 heteroatoms. The van der Waals surface area contributed by atoms with Gasteiger partial charge in [-0.15, -0.1) is 0 Å². The minimum Gasteiger partial charge on any atom is -0.409 e. The lowest BCUT2D eigenvalue weighted by Crippen LogP contribution is -2.27. The Morgan fingerprint density at radius 2 is 2.15 bits per heavy atom. The Morgan fingerprint density at radius 3 is 2.70 bits per heavy atom. The lowest BCUT2D eigenvalue weighted by molar-refractivity contribution is -0.125. The van der Waals surface area contributed by atoms with Gasteiger partial charge >= 0.3 is 0 Å². The van der Waals surface area contributed by atoms with Crippen LogP contribution >= 0.6 is 11.6 Å². The molecular weight excluding hydrogens is 282 g/mol. The summed E-state index contributed by atoms with van der Waals surface area (Å²) in [5.74, 6) is -0.401. The molecule has 0 radical (unpaired) electrons. The summed E-state index contributed by atoms with van der Waals surface area (Å²) >= 11 is 5.98. The van der Waals surface area contributed by atoms with Gasteiger partial charge in [0.1, 0.15) is 6.61 Å². The van der Waals surface area contributed by atoms with Crippen LogP contribution in [0.4, 0.5) is 5.69 Å². The molecule has 0 atom stereocenters. The van der Waals surface area contributed by atoms with Crippen molar-refractivity contribution in [1.29, 1.82) is 0 Å². The molecule has 1 amide bonds. The molecule has 0 saturated heterocycles. The Bertz CT molecular complexity index is 524. The van der Waals surface area contributed by atoms with Crippen LogP contribution < -0.4 is 11.1 Å². The number of nitrogens with zero attached hydrogens (tertiary/aromatic N) is 1. The largest absolute Gasteiger partial charge is 0.409 e. The highest BCUT2D eigenvalue weighted by Crippen LogP contribution is 2.23. The minimum absolute atomic E-state index is 0.0666. The zero-order chi connectivity index (χ0) is 15.3. The summed E-state index contributed by atoms with van der Waals surface area (Å²) in [5.41, 5.74) is 5.90. The summed E-state index contributed by atoms with van der Waals surface area (Å²) < 4.78 is 5.36. The van der Waals surface area contributed by atoms with Gasteiger partial charge in [0.05, 0.1) is 16.3 Å². The molecule has 0 spiro atoms. The highest BCUT2D eigenvalue weighted by atomic mass is 35.5. The van der Waals surface area contributed by atoms with Gasteiger partial charge in [-0.25, -0.2) is 0 Å². The van der Waals surface area contributed by atoms with Crippen molar-refractivity contribution in [2.45, 2.75) is 26.4 Å². The summed E-state index contributed by atoms with van der Waals surface area (Å²) in [6.07, 6.45) is 0. The first-order valence-corrected chi connectivity index (χ1v) is 6.32. The first kappa shape index (κ1) is 16.3. The Morgan fingerprint density at radius 1 is 1.50 bits per heavy atom. The lowest BCUT2D eigenvalue weighted by atomic mass is 10.2. The molecule has 1 aromatic carbocycles. The number of oxime groups is 1. The van der Waals surface area contributed by atoms with E-state index >= 15 is 0 Å². The molecule has 0 fully saturated rings. The van der Waals surface area contributed by atoms with Crippen molar-refractivity contribution >= 4 is 29.0 Å². The molecular formula is C13H18ClN3O3. The minimum atomic E-state index is -0.406. The molecule has 1 rings (SSSR count). The van der Waals surface area contributed by atoms with Crippen molar-refractivity contribution in [2.24, 2.45) is 10.9 Å².